The maximum atomic E-state index is 12.9. The van der Waals surface area contributed by atoms with E-state index in [4.69, 9.17) is 10.5 Å². The molecule has 4 atom stereocenters. The quantitative estimate of drug-likeness (QED) is 0.893. The molecule has 138 valence electrons. The molecule has 1 amide bonds. The van der Waals surface area contributed by atoms with Gasteiger partial charge in [0.05, 0.1) is 18.6 Å². The number of halogens is 1. The van der Waals surface area contributed by atoms with Crippen LogP contribution in [0.1, 0.15) is 37.7 Å². The number of rotatable bonds is 4. The Hall–Kier alpha value is -1.10. The van der Waals surface area contributed by atoms with Gasteiger partial charge >= 0.3 is 0 Å². The zero-order valence-corrected chi connectivity index (χ0v) is 15.5. The molecule has 4 rings (SSSR count). The molecule has 1 saturated heterocycles. The van der Waals surface area contributed by atoms with E-state index in [1.165, 1.54) is 24.8 Å². The molecule has 5 heteroatoms. The molecule has 2 aliphatic carbocycles. The molecule has 0 radical (unpaired) electrons. The van der Waals surface area contributed by atoms with Crippen molar-refractivity contribution >= 4 is 18.3 Å². The topological polar surface area (TPSA) is 55.6 Å². The molecular weight excluding hydrogens is 336 g/mol. The molecule has 1 aliphatic heterocycles. The summed E-state index contributed by atoms with van der Waals surface area (Å²) < 4.78 is 6.03. The summed E-state index contributed by atoms with van der Waals surface area (Å²) >= 11 is 0. The molecule has 3 aliphatic rings. The molecule has 1 aromatic carbocycles. The van der Waals surface area contributed by atoms with Gasteiger partial charge in [-0.1, -0.05) is 30.3 Å². The van der Waals surface area contributed by atoms with Crippen molar-refractivity contribution in [2.24, 2.45) is 23.5 Å². The highest BCUT2D eigenvalue weighted by Gasteiger charge is 2.50. The molecule has 25 heavy (non-hydrogen) atoms. The minimum absolute atomic E-state index is 0. The number of carbonyl (C=O) groups is 1. The Balaban J connectivity index is 0.00000182. The summed E-state index contributed by atoms with van der Waals surface area (Å²) in [6.07, 6.45) is 5.75. The Bertz CT molecular complexity index is 572. The van der Waals surface area contributed by atoms with Gasteiger partial charge in [0, 0.05) is 19.1 Å². The predicted octanol–water partition coefficient (Wildman–Crippen LogP) is 2.99. The first kappa shape index (κ1) is 18.7. The number of carbonyl (C=O) groups excluding carboxylic acids is 1. The van der Waals surface area contributed by atoms with Crippen molar-refractivity contribution in [3.05, 3.63) is 35.9 Å². The summed E-state index contributed by atoms with van der Waals surface area (Å²) in [4.78, 5) is 14.9. The molecule has 4 unspecified atom stereocenters. The summed E-state index contributed by atoms with van der Waals surface area (Å²) in [5, 5.41) is 0. The standard InChI is InChI=1S/C20H28N2O2.ClH/c21-19-16-7-6-15(12-16)18(19)20(23)22-10-8-17(9-11-22)24-13-14-4-2-1-3-5-14;/h1-5,15-19H,6-13,21H2;1H. The highest BCUT2D eigenvalue weighted by molar-refractivity contribution is 5.85. The highest BCUT2D eigenvalue weighted by atomic mass is 35.5. The number of benzene rings is 1. The Labute approximate surface area is 156 Å². The van der Waals surface area contributed by atoms with Crippen LogP contribution in [0.4, 0.5) is 0 Å². The van der Waals surface area contributed by atoms with Crippen molar-refractivity contribution in [1.82, 2.24) is 4.90 Å². The Morgan fingerprint density at radius 3 is 2.40 bits per heavy atom. The molecule has 0 spiro atoms. The second kappa shape index (κ2) is 8.07. The lowest BCUT2D eigenvalue weighted by atomic mass is 9.83. The van der Waals surface area contributed by atoms with E-state index >= 15 is 0 Å². The summed E-state index contributed by atoms with van der Waals surface area (Å²) in [5.74, 6) is 1.54. The number of nitrogens with zero attached hydrogens (tertiary/aromatic N) is 1. The summed E-state index contributed by atoms with van der Waals surface area (Å²) in [5.41, 5.74) is 7.55. The van der Waals surface area contributed by atoms with Crippen LogP contribution in [0.25, 0.3) is 0 Å². The summed E-state index contributed by atoms with van der Waals surface area (Å²) in [7, 11) is 0. The second-order valence-electron chi connectivity index (χ2n) is 7.76. The van der Waals surface area contributed by atoms with Crippen LogP contribution < -0.4 is 5.73 Å². The SMILES string of the molecule is Cl.NC1C2CCC(C2)C1C(=O)N1CCC(OCc2ccccc2)CC1. The van der Waals surface area contributed by atoms with Crippen LogP contribution in [0.3, 0.4) is 0 Å². The van der Waals surface area contributed by atoms with Crippen LogP contribution in [0, 0.1) is 17.8 Å². The highest BCUT2D eigenvalue weighted by Crippen LogP contribution is 2.48. The van der Waals surface area contributed by atoms with E-state index in [0.717, 1.165) is 25.9 Å². The van der Waals surface area contributed by atoms with Crippen LogP contribution in [-0.2, 0) is 16.1 Å². The molecule has 2 saturated carbocycles. The van der Waals surface area contributed by atoms with Crippen LogP contribution in [0.5, 0.6) is 0 Å². The number of likely N-dealkylation sites (tertiary alicyclic amines) is 1. The minimum atomic E-state index is 0. The molecule has 2 N–H and O–H groups in total. The number of ether oxygens (including phenoxy) is 1. The molecular formula is C20H29ClN2O2. The zero-order chi connectivity index (χ0) is 16.5. The zero-order valence-electron chi connectivity index (χ0n) is 14.7. The number of nitrogens with two attached hydrogens (primary N) is 1. The van der Waals surface area contributed by atoms with E-state index in [1.807, 2.05) is 23.1 Å². The maximum absolute atomic E-state index is 12.9. The Morgan fingerprint density at radius 2 is 1.76 bits per heavy atom. The first-order valence-corrected chi connectivity index (χ1v) is 9.42. The van der Waals surface area contributed by atoms with Gasteiger partial charge in [0.1, 0.15) is 0 Å². The Morgan fingerprint density at radius 1 is 1.08 bits per heavy atom. The summed E-state index contributed by atoms with van der Waals surface area (Å²) in [6.45, 7) is 2.30. The molecule has 1 aromatic rings. The number of hydrogen-bond donors (Lipinski definition) is 1. The van der Waals surface area contributed by atoms with Crippen molar-refractivity contribution < 1.29 is 9.53 Å². The number of fused-ring (bicyclic) bond motifs is 2. The number of hydrogen-bond acceptors (Lipinski definition) is 3. The smallest absolute Gasteiger partial charge is 0.227 e. The fourth-order valence-electron chi connectivity index (χ4n) is 4.94. The third kappa shape index (κ3) is 3.86. The van der Waals surface area contributed by atoms with Crippen LogP contribution >= 0.6 is 12.4 Å². The van der Waals surface area contributed by atoms with E-state index in [1.54, 1.807) is 0 Å². The average Bonchev–Trinajstić information content (AvgIpc) is 3.22. The molecule has 3 fully saturated rings. The largest absolute Gasteiger partial charge is 0.373 e. The minimum Gasteiger partial charge on any atom is -0.373 e. The normalized spacial score (nSPS) is 31.8. The molecule has 0 aromatic heterocycles. The third-order valence-electron chi connectivity index (χ3n) is 6.35. The van der Waals surface area contributed by atoms with Gasteiger partial charge in [-0.2, -0.15) is 0 Å². The van der Waals surface area contributed by atoms with Gasteiger partial charge < -0.3 is 15.4 Å². The van der Waals surface area contributed by atoms with Gasteiger partial charge in [-0.3, -0.25) is 4.79 Å². The molecule has 2 bridgehead atoms. The van der Waals surface area contributed by atoms with Crippen molar-refractivity contribution in [3.63, 3.8) is 0 Å². The maximum Gasteiger partial charge on any atom is 0.227 e. The predicted molar refractivity (Wildman–Crippen MR) is 100 cm³/mol. The lowest BCUT2D eigenvalue weighted by molar-refractivity contribution is -0.140. The van der Waals surface area contributed by atoms with Crippen molar-refractivity contribution in [2.75, 3.05) is 13.1 Å². The van der Waals surface area contributed by atoms with Gasteiger partial charge in [-0.05, 0) is 49.5 Å². The van der Waals surface area contributed by atoms with Gasteiger partial charge in [0.2, 0.25) is 5.91 Å². The van der Waals surface area contributed by atoms with Crippen LogP contribution in [-0.4, -0.2) is 36.0 Å². The molecule has 1 heterocycles. The summed E-state index contributed by atoms with van der Waals surface area (Å²) in [6, 6.07) is 10.4. The third-order valence-corrected chi connectivity index (χ3v) is 6.35. The fraction of sp³-hybridized carbons (Fsp3) is 0.650. The van der Waals surface area contributed by atoms with Crippen LogP contribution in [0.2, 0.25) is 0 Å². The van der Waals surface area contributed by atoms with Gasteiger partial charge in [0.15, 0.2) is 0 Å². The van der Waals surface area contributed by atoms with Gasteiger partial charge in [-0.25, -0.2) is 0 Å². The fourth-order valence-corrected chi connectivity index (χ4v) is 4.94. The number of amides is 1. The van der Waals surface area contributed by atoms with E-state index in [-0.39, 0.29) is 30.5 Å². The lowest BCUT2D eigenvalue weighted by Crippen LogP contribution is -2.50. The first-order valence-electron chi connectivity index (χ1n) is 9.42. The van der Waals surface area contributed by atoms with Gasteiger partial charge in [-0.15, -0.1) is 12.4 Å². The van der Waals surface area contributed by atoms with Gasteiger partial charge in [0.25, 0.3) is 0 Å². The lowest BCUT2D eigenvalue weighted by Gasteiger charge is -2.37. The Kier molecular flexibility index (Phi) is 6.03. The van der Waals surface area contributed by atoms with Crippen molar-refractivity contribution in [3.8, 4) is 0 Å². The van der Waals surface area contributed by atoms with Crippen molar-refractivity contribution in [1.29, 1.82) is 0 Å². The monoisotopic (exact) mass is 364 g/mol. The van der Waals surface area contributed by atoms with E-state index in [9.17, 15) is 4.79 Å². The molecule has 4 nitrogen and oxygen atoms in total. The average molecular weight is 365 g/mol. The van der Waals surface area contributed by atoms with Crippen LogP contribution in [0.15, 0.2) is 30.3 Å². The van der Waals surface area contributed by atoms with E-state index in [0.29, 0.717) is 24.3 Å². The first-order chi connectivity index (χ1) is 11.7. The van der Waals surface area contributed by atoms with Crippen molar-refractivity contribution in [2.45, 2.75) is 50.9 Å². The van der Waals surface area contributed by atoms with E-state index < -0.39 is 0 Å². The second-order valence-corrected chi connectivity index (χ2v) is 7.76. The van der Waals surface area contributed by atoms with E-state index in [2.05, 4.69) is 12.1 Å². The number of piperidine rings is 1.